The number of hydrazine groups is 1. The van der Waals surface area contributed by atoms with Crippen molar-refractivity contribution in [3.8, 4) is 0 Å². The Morgan fingerprint density at radius 1 is 1.73 bits per heavy atom. The van der Waals surface area contributed by atoms with Crippen LogP contribution < -0.4 is 5.43 Å². The van der Waals surface area contributed by atoms with Crippen LogP contribution in [0.1, 0.15) is 12.8 Å². The maximum Gasteiger partial charge on any atom is 0.179 e. The van der Waals surface area contributed by atoms with Crippen molar-refractivity contribution in [1.82, 2.24) is 5.43 Å². The van der Waals surface area contributed by atoms with Crippen LogP contribution in [0.15, 0.2) is 11.8 Å². The lowest BCUT2D eigenvalue weighted by Crippen LogP contribution is -2.23. The average molecular weight is 153 g/mol. The van der Waals surface area contributed by atoms with Gasteiger partial charge in [0.05, 0.1) is 17.7 Å². The van der Waals surface area contributed by atoms with Gasteiger partial charge < -0.3 is 5.11 Å². The molecule has 0 fully saturated rings. The second kappa shape index (κ2) is 2.34. The van der Waals surface area contributed by atoms with Crippen molar-refractivity contribution in [1.29, 1.82) is 0 Å². The van der Waals surface area contributed by atoms with Gasteiger partial charge in [-0.2, -0.15) is 5.43 Å². The molecule has 1 aliphatic carbocycles. The molecule has 1 heterocycles. The van der Waals surface area contributed by atoms with Crippen LogP contribution >= 0.6 is 0 Å². The zero-order chi connectivity index (χ0) is 7.84. The molecule has 3 heteroatoms. The first-order valence-corrected chi connectivity index (χ1v) is 3.98. The first kappa shape index (κ1) is 6.85. The summed E-state index contributed by atoms with van der Waals surface area (Å²) in [6, 6.07) is 0. The van der Waals surface area contributed by atoms with E-state index in [0.29, 0.717) is 5.92 Å². The number of hydrogen-bond donors (Lipinski definition) is 2. The zero-order valence-corrected chi connectivity index (χ0v) is 6.62. The molecule has 60 valence electrons. The third-order valence-corrected chi connectivity index (χ3v) is 2.24. The van der Waals surface area contributed by atoms with Gasteiger partial charge in [0, 0.05) is 0 Å². The van der Waals surface area contributed by atoms with Crippen molar-refractivity contribution in [2.45, 2.75) is 18.9 Å². The highest BCUT2D eigenvalue weighted by atomic mass is 16.3. The summed E-state index contributed by atoms with van der Waals surface area (Å²) in [4.78, 5) is 0. The van der Waals surface area contributed by atoms with E-state index < -0.39 is 0 Å². The SMILES string of the molecule is C[N+]1=CC2CC(O)CC=C2N1. The van der Waals surface area contributed by atoms with Crippen molar-refractivity contribution in [3.63, 3.8) is 0 Å². The average Bonchev–Trinajstić information content (AvgIpc) is 2.27. The van der Waals surface area contributed by atoms with Crippen LogP contribution in [-0.2, 0) is 0 Å². The number of hydrogen-bond acceptors (Lipinski definition) is 2. The Morgan fingerprint density at radius 2 is 2.55 bits per heavy atom. The fraction of sp³-hybridized carbons (Fsp3) is 0.625. The van der Waals surface area contributed by atoms with Gasteiger partial charge in [0.1, 0.15) is 0 Å². The molecule has 0 spiro atoms. The number of nitrogens with one attached hydrogen (secondary N) is 1. The number of aliphatic hydroxyl groups excluding tert-OH is 1. The number of rotatable bonds is 0. The van der Waals surface area contributed by atoms with E-state index in [9.17, 15) is 5.11 Å². The highest BCUT2D eigenvalue weighted by molar-refractivity contribution is 5.62. The molecule has 11 heavy (non-hydrogen) atoms. The van der Waals surface area contributed by atoms with E-state index in [4.69, 9.17) is 0 Å². The minimum atomic E-state index is -0.145. The molecule has 3 nitrogen and oxygen atoms in total. The van der Waals surface area contributed by atoms with E-state index in [2.05, 4.69) is 17.7 Å². The van der Waals surface area contributed by atoms with Gasteiger partial charge in [0.25, 0.3) is 0 Å². The molecule has 0 aromatic rings. The lowest BCUT2D eigenvalue weighted by molar-refractivity contribution is -0.540. The van der Waals surface area contributed by atoms with E-state index in [1.54, 1.807) is 0 Å². The highest BCUT2D eigenvalue weighted by Gasteiger charge is 2.30. The minimum Gasteiger partial charge on any atom is -0.393 e. The van der Waals surface area contributed by atoms with Gasteiger partial charge in [0.2, 0.25) is 0 Å². The normalized spacial score (nSPS) is 35.5. The predicted molar refractivity (Wildman–Crippen MR) is 42.2 cm³/mol. The zero-order valence-electron chi connectivity index (χ0n) is 6.62. The molecule has 0 saturated carbocycles. The van der Waals surface area contributed by atoms with Crippen molar-refractivity contribution in [3.05, 3.63) is 11.8 Å². The summed E-state index contributed by atoms with van der Waals surface area (Å²) in [6.45, 7) is 0. The summed E-state index contributed by atoms with van der Waals surface area (Å²) in [5.74, 6) is 0.420. The monoisotopic (exact) mass is 153 g/mol. The van der Waals surface area contributed by atoms with Gasteiger partial charge in [-0.3, -0.25) is 0 Å². The van der Waals surface area contributed by atoms with E-state index in [1.807, 2.05) is 11.7 Å². The highest BCUT2D eigenvalue weighted by Crippen LogP contribution is 2.23. The van der Waals surface area contributed by atoms with Crippen molar-refractivity contribution in [2.24, 2.45) is 5.92 Å². The fourth-order valence-corrected chi connectivity index (χ4v) is 1.71. The Hall–Kier alpha value is -0.830. The van der Waals surface area contributed by atoms with E-state index in [1.165, 1.54) is 5.70 Å². The van der Waals surface area contributed by atoms with Crippen molar-refractivity contribution >= 4 is 6.21 Å². The number of nitrogens with zero attached hydrogens (tertiary/aromatic N) is 1. The first-order valence-electron chi connectivity index (χ1n) is 3.98. The molecule has 0 aromatic carbocycles. The summed E-state index contributed by atoms with van der Waals surface area (Å²) >= 11 is 0. The summed E-state index contributed by atoms with van der Waals surface area (Å²) < 4.78 is 1.95. The number of hydrazone groups is 1. The molecule has 0 aromatic heterocycles. The Morgan fingerprint density at radius 3 is 3.36 bits per heavy atom. The fourth-order valence-electron chi connectivity index (χ4n) is 1.71. The Balaban J connectivity index is 2.19. The minimum absolute atomic E-state index is 0.145. The molecule has 0 saturated heterocycles. The van der Waals surface area contributed by atoms with Gasteiger partial charge in [-0.05, 0) is 12.8 Å². The van der Waals surface area contributed by atoms with E-state index >= 15 is 0 Å². The van der Waals surface area contributed by atoms with Crippen LogP contribution in [0.3, 0.4) is 0 Å². The Kier molecular flexibility index (Phi) is 1.46. The second-order valence-electron chi connectivity index (χ2n) is 3.26. The van der Waals surface area contributed by atoms with Crippen molar-refractivity contribution in [2.75, 3.05) is 7.05 Å². The van der Waals surface area contributed by atoms with Gasteiger partial charge in [-0.1, -0.05) is 6.08 Å². The lowest BCUT2D eigenvalue weighted by Gasteiger charge is -2.16. The molecule has 0 amide bonds. The third-order valence-electron chi connectivity index (χ3n) is 2.24. The van der Waals surface area contributed by atoms with Gasteiger partial charge in [-0.25, -0.2) is 0 Å². The predicted octanol–water partition coefficient (Wildman–Crippen LogP) is -0.128. The van der Waals surface area contributed by atoms with Gasteiger partial charge >= 0.3 is 0 Å². The van der Waals surface area contributed by atoms with Crippen LogP contribution in [0.5, 0.6) is 0 Å². The molecule has 0 radical (unpaired) electrons. The molecule has 1 aliphatic heterocycles. The van der Waals surface area contributed by atoms with Crippen molar-refractivity contribution < 1.29 is 9.79 Å². The molecule has 0 bridgehead atoms. The summed E-state index contributed by atoms with van der Waals surface area (Å²) in [7, 11) is 1.98. The van der Waals surface area contributed by atoms with Crippen LogP contribution in [-0.4, -0.2) is 29.2 Å². The van der Waals surface area contributed by atoms with Gasteiger partial charge in [-0.15, -0.1) is 4.68 Å². The Labute approximate surface area is 66.0 Å². The van der Waals surface area contributed by atoms with Gasteiger partial charge in [0.15, 0.2) is 13.3 Å². The molecular weight excluding hydrogens is 140 g/mol. The van der Waals surface area contributed by atoms with Crippen LogP contribution in [0.2, 0.25) is 0 Å². The van der Waals surface area contributed by atoms with Crippen LogP contribution in [0, 0.1) is 5.92 Å². The van der Waals surface area contributed by atoms with Crippen LogP contribution in [0.4, 0.5) is 0 Å². The topological polar surface area (TPSA) is 35.3 Å². The number of allylic oxidation sites excluding steroid dienone is 1. The first-order chi connectivity index (χ1) is 5.25. The van der Waals surface area contributed by atoms with Crippen LogP contribution in [0.25, 0.3) is 0 Å². The maximum atomic E-state index is 9.33. The molecule has 2 aliphatic rings. The number of aliphatic hydroxyl groups is 1. The standard InChI is InChI=1S/C8H13N2O/c1-10-5-6-4-7(11)2-3-8(6)9-10/h3,5-7,9,11H,2,4H2,1H3/q+1. The third kappa shape index (κ3) is 1.16. The summed E-state index contributed by atoms with van der Waals surface area (Å²) in [5.41, 5.74) is 4.45. The number of fused-ring (bicyclic) bond motifs is 1. The smallest absolute Gasteiger partial charge is 0.179 e. The molecule has 2 atom stereocenters. The van der Waals surface area contributed by atoms with E-state index in [0.717, 1.165) is 12.8 Å². The lowest BCUT2D eigenvalue weighted by atomic mass is 9.92. The molecular formula is C8H13N2O+. The van der Waals surface area contributed by atoms with E-state index in [-0.39, 0.29) is 6.10 Å². The second-order valence-corrected chi connectivity index (χ2v) is 3.26. The molecule has 2 unspecified atom stereocenters. The summed E-state index contributed by atoms with van der Waals surface area (Å²) in [5, 5.41) is 9.33. The molecule has 2 rings (SSSR count). The summed E-state index contributed by atoms with van der Waals surface area (Å²) in [6.07, 6.45) is 5.70. The molecule has 2 N–H and O–H groups in total. The Bertz CT molecular complexity index is 232. The quantitative estimate of drug-likeness (QED) is 0.476. The maximum absolute atomic E-state index is 9.33. The largest absolute Gasteiger partial charge is 0.393 e.